The summed E-state index contributed by atoms with van der Waals surface area (Å²) in [6, 6.07) is -0.223. The zero-order valence-electron chi connectivity index (χ0n) is 7.29. The SMILES string of the molecule is C#CCC(C)NS(=O)(=O)NCC. The predicted molar refractivity (Wildman–Crippen MR) is 48.6 cm³/mol. The van der Waals surface area contributed by atoms with Crippen LogP contribution in [0.2, 0.25) is 0 Å². The van der Waals surface area contributed by atoms with E-state index in [0.29, 0.717) is 13.0 Å². The van der Waals surface area contributed by atoms with Crippen molar-refractivity contribution in [3.8, 4) is 12.3 Å². The highest BCUT2D eigenvalue weighted by Crippen LogP contribution is 1.89. The first-order valence-corrected chi connectivity index (χ1v) is 5.20. The molecule has 0 aliphatic rings. The Morgan fingerprint density at radius 1 is 1.58 bits per heavy atom. The molecule has 0 aliphatic carbocycles. The van der Waals surface area contributed by atoms with Crippen LogP contribution in [-0.2, 0) is 10.2 Å². The molecule has 0 bridgehead atoms. The van der Waals surface area contributed by atoms with Crippen LogP contribution in [0.3, 0.4) is 0 Å². The molecule has 0 aromatic carbocycles. The Bertz CT molecular complexity index is 253. The maximum Gasteiger partial charge on any atom is 0.277 e. The molecule has 0 spiro atoms. The Kier molecular flexibility index (Phi) is 4.90. The Hall–Kier alpha value is -0.570. The summed E-state index contributed by atoms with van der Waals surface area (Å²) < 4.78 is 26.7. The molecule has 0 aliphatic heterocycles. The van der Waals surface area contributed by atoms with Gasteiger partial charge in [-0.3, -0.25) is 0 Å². The normalized spacial score (nSPS) is 13.8. The lowest BCUT2D eigenvalue weighted by Crippen LogP contribution is -2.41. The first kappa shape index (κ1) is 11.4. The van der Waals surface area contributed by atoms with Gasteiger partial charge in [0.2, 0.25) is 0 Å². The van der Waals surface area contributed by atoms with Crippen LogP contribution in [0.15, 0.2) is 0 Å². The molecule has 2 N–H and O–H groups in total. The third kappa shape index (κ3) is 5.13. The molecule has 0 aromatic heterocycles. The third-order valence-corrected chi connectivity index (χ3v) is 2.50. The predicted octanol–water partition coefficient (Wildman–Crippen LogP) is -0.158. The van der Waals surface area contributed by atoms with Crippen molar-refractivity contribution in [2.75, 3.05) is 6.54 Å². The van der Waals surface area contributed by atoms with Crippen molar-refractivity contribution >= 4 is 10.2 Å². The molecule has 5 heteroatoms. The molecule has 1 atom stereocenters. The molecule has 12 heavy (non-hydrogen) atoms. The van der Waals surface area contributed by atoms with Crippen LogP contribution < -0.4 is 9.44 Å². The summed E-state index contributed by atoms with van der Waals surface area (Å²) in [4.78, 5) is 0. The standard InChI is InChI=1S/C7H14N2O2S/c1-4-6-7(3)9-12(10,11)8-5-2/h1,7-9H,5-6H2,2-3H3. The van der Waals surface area contributed by atoms with Gasteiger partial charge in [-0.15, -0.1) is 12.3 Å². The molecular weight excluding hydrogens is 176 g/mol. The lowest BCUT2D eigenvalue weighted by molar-refractivity contribution is 0.551. The molecule has 4 nitrogen and oxygen atoms in total. The van der Waals surface area contributed by atoms with Crippen molar-refractivity contribution in [1.29, 1.82) is 0 Å². The van der Waals surface area contributed by atoms with E-state index < -0.39 is 10.2 Å². The first-order chi connectivity index (χ1) is 5.52. The number of hydrogen-bond acceptors (Lipinski definition) is 2. The van der Waals surface area contributed by atoms with Gasteiger partial charge < -0.3 is 0 Å². The topological polar surface area (TPSA) is 58.2 Å². The van der Waals surface area contributed by atoms with E-state index in [-0.39, 0.29) is 6.04 Å². The highest BCUT2D eigenvalue weighted by Gasteiger charge is 2.10. The fourth-order valence-corrected chi connectivity index (χ4v) is 1.79. The van der Waals surface area contributed by atoms with E-state index in [1.165, 1.54) is 0 Å². The summed E-state index contributed by atoms with van der Waals surface area (Å²) in [5.74, 6) is 2.38. The van der Waals surface area contributed by atoms with Gasteiger partial charge in [0, 0.05) is 19.0 Å². The zero-order valence-corrected chi connectivity index (χ0v) is 8.11. The van der Waals surface area contributed by atoms with Gasteiger partial charge in [0.15, 0.2) is 0 Å². The molecule has 0 amide bonds. The van der Waals surface area contributed by atoms with E-state index in [1.807, 2.05) is 0 Å². The molecule has 0 fully saturated rings. The molecular formula is C7H14N2O2S. The summed E-state index contributed by atoms with van der Waals surface area (Å²) in [6.07, 6.45) is 5.41. The van der Waals surface area contributed by atoms with E-state index in [2.05, 4.69) is 15.4 Å². The monoisotopic (exact) mass is 190 g/mol. The van der Waals surface area contributed by atoms with Gasteiger partial charge in [-0.2, -0.15) is 13.1 Å². The van der Waals surface area contributed by atoms with Crippen LogP contribution in [0.25, 0.3) is 0 Å². The molecule has 1 unspecified atom stereocenters. The van der Waals surface area contributed by atoms with E-state index in [1.54, 1.807) is 13.8 Å². The van der Waals surface area contributed by atoms with Crippen LogP contribution in [-0.4, -0.2) is 21.0 Å². The van der Waals surface area contributed by atoms with Crippen LogP contribution in [0.1, 0.15) is 20.3 Å². The summed E-state index contributed by atoms with van der Waals surface area (Å²) in [7, 11) is -3.35. The number of terminal acetylenes is 1. The van der Waals surface area contributed by atoms with Crippen LogP contribution in [0.5, 0.6) is 0 Å². The van der Waals surface area contributed by atoms with Crippen LogP contribution >= 0.6 is 0 Å². The second-order valence-corrected chi connectivity index (χ2v) is 3.96. The Labute approximate surface area is 73.9 Å². The van der Waals surface area contributed by atoms with Crippen LogP contribution in [0, 0.1) is 12.3 Å². The van der Waals surface area contributed by atoms with Crippen molar-refractivity contribution in [3.63, 3.8) is 0 Å². The smallest absolute Gasteiger partial charge is 0.203 e. The van der Waals surface area contributed by atoms with Gasteiger partial charge in [0.25, 0.3) is 10.2 Å². The molecule has 0 saturated heterocycles. The van der Waals surface area contributed by atoms with Gasteiger partial charge in [-0.25, -0.2) is 4.72 Å². The maximum atomic E-state index is 11.0. The Balaban J connectivity index is 3.99. The average molecular weight is 190 g/mol. The highest BCUT2D eigenvalue weighted by atomic mass is 32.2. The molecule has 0 heterocycles. The van der Waals surface area contributed by atoms with E-state index in [0.717, 1.165) is 0 Å². The van der Waals surface area contributed by atoms with Gasteiger partial charge in [0.1, 0.15) is 0 Å². The van der Waals surface area contributed by atoms with Crippen molar-refractivity contribution in [1.82, 2.24) is 9.44 Å². The quantitative estimate of drug-likeness (QED) is 0.592. The van der Waals surface area contributed by atoms with Crippen molar-refractivity contribution < 1.29 is 8.42 Å². The van der Waals surface area contributed by atoms with Gasteiger partial charge in [-0.05, 0) is 6.92 Å². The van der Waals surface area contributed by atoms with Crippen molar-refractivity contribution in [2.45, 2.75) is 26.3 Å². The molecule has 0 rings (SSSR count). The lowest BCUT2D eigenvalue weighted by atomic mass is 10.3. The minimum Gasteiger partial charge on any atom is -0.203 e. The molecule has 0 radical (unpaired) electrons. The molecule has 0 aromatic rings. The number of nitrogens with one attached hydrogen (secondary N) is 2. The van der Waals surface area contributed by atoms with Gasteiger partial charge >= 0.3 is 0 Å². The van der Waals surface area contributed by atoms with Gasteiger partial charge in [0.05, 0.1) is 0 Å². The number of rotatable bonds is 5. The Morgan fingerprint density at radius 2 is 2.17 bits per heavy atom. The molecule has 0 saturated carbocycles. The maximum absolute atomic E-state index is 11.0. The summed E-state index contributed by atoms with van der Waals surface area (Å²) in [6.45, 7) is 3.80. The van der Waals surface area contributed by atoms with Gasteiger partial charge in [-0.1, -0.05) is 6.92 Å². The number of hydrogen-bond donors (Lipinski definition) is 2. The van der Waals surface area contributed by atoms with Crippen LogP contribution in [0.4, 0.5) is 0 Å². The first-order valence-electron chi connectivity index (χ1n) is 3.72. The van der Waals surface area contributed by atoms with E-state index in [4.69, 9.17) is 6.42 Å². The Morgan fingerprint density at radius 3 is 2.58 bits per heavy atom. The highest BCUT2D eigenvalue weighted by molar-refractivity contribution is 7.87. The second-order valence-electron chi connectivity index (χ2n) is 2.43. The average Bonchev–Trinajstić information content (AvgIpc) is 1.85. The minimum atomic E-state index is -3.35. The second kappa shape index (κ2) is 5.14. The summed E-state index contributed by atoms with van der Waals surface area (Å²) in [5, 5.41) is 0. The minimum absolute atomic E-state index is 0.223. The molecule has 70 valence electrons. The van der Waals surface area contributed by atoms with Crippen molar-refractivity contribution in [3.05, 3.63) is 0 Å². The fourth-order valence-electron chi connectivity index (χ4n) is 0.715. The largest absolute Gasteiger partial charge is 0.277 e. The third-order valence-electron chi connectivity index (χ3n) is 1.11. The zero-order chi connectivity index (χ0) is 9.61. The lowest BCUT2D eigenvalue weighted by Gasteiger charge is -2.10. The van der Waals surface area contributed by atoms with E-state index in [9.17, 15) is 8.42 Å². The summed E-state index contributed by atoms with van der Waals surface area (Å²) in [5.41, 5.74) is 0. The fraction of sp³-hybridized carbons (Fsp3) is 0.714. The van der Waals surface area contributed by atoms with E-state index >= 15 is 0 Å². The van der Waals surface area contributed by atoms with Crippen molar-refractivity contribution in [2.24, 2.45) is 0 Å². The summed E-state index contributed by atoms with van der Waals surface area (Å²) >= 11 is 0.